The monoisotopic (exact) mass is 308 g/mol. The van der Waals surface area contributed by atoms with E-state index < -0.39 is 0 Å². The minimum atomic E-state index is 0.801. The maximum Gasteiger partial charge on any atom is 0.0897 e. The average molecular weight is 309 g/mol. The Hall–Kier alpha value is -0.940. The van der Waals surface area contributed by atoms with Crippen molar-refractivity contribution < 1.29 is 0 Å². The summed E-state index contributed by atoms with van der Waals surface area (Å²) < 4.78 is 1.25. The number of nitrogens with one attached hydrogen (secondary N) is 1. The van der Waals surface area contributed by atoms with Crippen LogP contribution < -0.4 is 5.32 Å². The largest absolute Gasteiger partial charge is 0.307 e. The number of hydrogen-bond acceptors (Lipinski definition) is 4. The van der Waals surface area contributed by atoms with Gasteiger partial charge in [-0.1, -0.05) is 29.8 Å². The number of aryl methyl sites for hydroxylation is 1. The van der Waals surface area contributed by atoms with Gasteiger partial charge in [-0.3, -0.25) is 0 Å². The minimum Gasteiger partial charge on any atom is -0.307 e. The zero-order valence-electron chi connectivity index (χ0n) is 10.4. The van der Waals surface area contributed by atoms with E-state index in [0.29, 0.717) is 0 Å². The Labute approximate surface area is 125 Å². The molecule has 0 fully saturated rings. The molecule has 1 N–H and O–H groups in total. The van der Waals surface area contributed by atoms with Gasteiger partial charge in [0.2, 0.25) is 0 Å². The predicted octanol–water partition coefficient (Wildman–Crippen LogP) is 4.61. The molecule has 0 aliphatic carbocycles. The van der Waals surface area contributed by atoms with Crippen molar-refractivity contribution in [1.82, 2.24) is 10.3 Å². The number of hydrogen-bond donors (Lipinski definition) is 1. The van der Waals surface area contributed by atoms with Crippen LogP contribution in [-0.2, 0) is 13.1 Å². The number of nitrogens with zero attached hydrogens (tertiary/aromatic N) is 1. The van der Waals surface area contributed by atoms with E-state index in [4.69, 9.17) is 11.6 Å². The highest BCUT2D eigenvalue weighted by Crippen LogP contribution is 2.34. The Morgan fingerprint density at radius 3 is 2.79 bits per heavy atom. The molecule has 0 radical (unpaired) electrons. The maximum atomic E-state index is 6.40. The van der Waals surface area contributed by atoms with Crippen LogP contribution in [0.5, 0.6) is 0 Å². The summed E-state index contributed by atoms with van der Waals surface area (Å²) in [4.78, 5) is 6.71. The first-order valence-corrected chi connectivity index (χ1v) is 8.03. The summed E-state index contributed by atoms with van der Waals surface area (Å²) >= 11 is 9.89. The smallest absolute Gasteiger partial charge is 0.0897 e. The van der Waals surface area contributed by atoms with E-state index in [-0.39, 0.29) is 0 Å². The molecule has 2 aromatic heterocycles. The zero-order chi connectivity index (χ0) is 13.2. The van der Waals surface area contributed by atoms with E-state index in [1.54, 1.807) is 22.7 Å². The molecular formula is C14H13ClN2S2. The molecular weight excluding hydrogens is 296 g/mol. The van der Waals surface area contributed by atoms with Crippen molar-refractivity contribution in [2.75, 3.05) is 0 Å². The summed E-state index contributed by atoms with van der Waals surface area (Å²) in [7, 11) is 0. The Morgan fingerprint density at radius 1 is 1.21 bits per heavy atom. The molecule has 0 aliphatic heterocycles. The van der Waals surface area contributed by atoms with Crippen LogP contribution in [0, 0.1) is 6.92 Å². The zero-order valence-corrected chi connectivity index (χ0v) is 12.8. The van der Waals surface area contributed by atoms with Crippen molar-refractivity contribution in [3.05, 3.63) is 50.2 Å². The average Bonchev–Trinajstić information content (AvgIpc) is 2.96. The molecule has 0 aliphatic rings. The summed E-state index contributed by atoms with van der Waals surface area (Å²) in [6, 6.07) is 8.26. The van der Waals surface area contributed by atoms with Crippen LogP contribution in [-0.4, -0.2) is 4.98 Å². The molecule has 0 amide bonds. The maximum absolute atomic E-state index is 6.40. The van der Waals surface area contributed by atoms with Gasteiger partial charge in [-0.2, -0.15) is 0 Å². The molecule has 2 heterocycles. The van der Waals surface area contributed by atoms with Crippen molar-refractivity contribution in [3.63, 3.8) is 0 Å². The highest BCUT2D eigenvalue weighted by Gasteiger charge is 2.09. The standard InChI is InChI=1S/C14H13ClN2S2/c1-9-17-7-10(18-9)6-16-8-13-14(15)11-4-2-3-5-12(11)19-13/h2-5,7,16H,6,8H2,1H3. The third kappa shape index (κ3) is 2.82. The molecule has 19 heavy (non-hydrogen) atoms. The Bertz CT molecular complexity index is 702. The summed E-state index contributed by atoms with van der Waals surface area (Å²) in [5.74, 6) is 0. The summed E-state index contributed by atoms with van der Waals surface area (Å²) in [6.45, 7) is 3.67. The highest BCUT2D eigenvalue weighted by molar-refractivity contribution is 7.19. The number of thiazole rings is 1. The SMILES string of the molecule is Cc1ncc(CNCc2sc3ccccc3c2Cl)s1. The van der Waals surface area contributed by atoms with Gasteiger partial charge in [-0.05, 0) is 13.0 Å². The van der Waals surface area contributed by atoms with E-state index >= 15 is 0 Å². The van der Waals surface area contributed by atoms with Crippen LogP contribution in [0.25, 0.3) is 10.1 Å². The first-order valence-electron chi connectivity index (χ1n) is 6.02. The minimum absolute atomic E-state index is 0.801. The van der Waals surface area contributed by atoms with E-state index in [2.05, 4.69) is 22.4 Å². The molecule has 3 rings (SSSR count). The van der Waals surface area contributed by atoms with Crippen LogP contribution in [0.1, 0.15) is 14.8 Å². The molecule has 3 aromatic rings. The lowest BCUT2D eigenvalue weighted by atomic mass is 10.2. The molecule has 0 saturated carbocycles. The summed E-state index contributed by atoms with van der Waals surface area (Å²) in [5, 5.41) is 6.57. The molecule has 0 unspecified atom stereocenters. The van der Waals surface area contributed by atoms with Gasteiger partial charge in [0.15, 0.2) is 0 Å². The first kappa shape index (κ1) is 13.1. The predicted molar refractivity (Wildman–Crippen MR) is 84.2 cm³/mol. The lowest BCUT2D eigenvalue weighted by Crippen LogP contribution is -2.10. The van der Waals surface area contributed by atoms with Gasteiger partial charge >= 0.3 is 0 Å². The van der Waals surface area contributed by atoms with Gasteiger partial charge < -0.3 is 5.32 Å². The summed E-state index contributed by atoms with van der Waals surface area (Å²) in [6.07, 6.45) is 1.93. The van der Waals surface area contributed by atoms with Crippen LogP contribution in [0.2, 0.25) is 5.02 Å². The Kier molecular flexibility index (Phi) is 3.84. The Morgan fingerprint density at radius 2 is 2.05 bits per heavy atom. The molecule has 0 spiro atoms. The molecule has 2 nitrogen and oxygen atoms in total. The van der Waals surface area contributed by atoms with E-state index in [1.165, 1.54) is 14.5 Å². The molecule has 5 heteroatoms. The topological polar surface area (TPSA) is 24.9 Å². The van der Waals surface area contributed by atoms with Gasteiger partial charge in [0.05, 0.1) is 10.0 Å². The lowest BCUT2D eigenvalue weighted by Gasteiger charge is -2.00. The molecule has 1 aromatic carbocycles. The quantitative estimate of drug-likeness (QED) is 0.761. The number of halogens is 1. The Balaban J connectivity index is 1.70. The lowest BCUT2D eigenvalue weighted by molar-refractivity contribution is 0.708. The van der Waals surface area contributed by atoms with Crippen molar-refractivity contribution in [1.29, 1.82) is 0 Å². The van der Waals surface area contributed by atoms with Gasteiger partial charge in [0.1, 0.15) is 0 Å². The van der Waals surface area contributed by atoms with Crippen LogP contribution in [0.15, 0.2) is 30.5 Å². The molecule has 0 saturated heterocycles. The van der Waals surface area contributed by atoms with Crippen molar-refractivity contribution in [2.24, 2.45) is 0 Å². The van der Waals surface area contributed by atoms with Gasteiger partial charge in [0, 0.05) is 39.1 Å². The fourth-order valence-electron chi connectivity index (χ4n) is 1.96. The van der Waals surface area contributed by atoms with Crippen LogP contribution in [0.3, 0.4) is 0 Å². The molecule has 98 valence electrons. The van der Waals surface area contributed by atoms with Gasteiger partial charge in [0.25, 0.3) is 0 Å². The second-order valence-electron chi connectivity index (χ2n) is 4.28. The van der Waals surface area contributed by atoms with E-state index in [0.717, 1.165) is 28.5 Å². The van der Waals surface area contributed by atoms with Gasteiger partial charge in [-0.25, -0.2) is 4.98 Å². The van der Waals surface area contributed by atoms with Crippen molar-refractivity contribution >= 4 is 44.4 Å². The fraction of sp³-hybridized carbons (Fsp3) is 0.214. The van der Waals surface area contributed by atoms with Crippen LogP contribution >= 0.6 is 34.3 Å². The second-order valence-corrected chi connectivity index (χ2v) is 7.12. The van der Waals surface area contributed by atoms with E-state index in [1.807, 2.05) is 25.3 Å². The number of aromatic nitrogens is 1. The van der Waals surface area contributed by atoms with Crippen molar-refractivity contribution in [2.45, 2.75) is 20.0 Å². The number of benzene rings is 1. The highest BCUT2D eigenvalue weighted by atomic mass is 35.5. The van der Waals surface area contributed by atoms with Crippen molar-refractivity contribution in [3.8, 4) is 0 Å². The van der Waals surface area contributed by atoms with Crippen LogP contribution in [0.4, 0.5) is 0 Å². The second kappa shape index (κ2) is 5.59. The van der Waals surface area contributed by atoms with E-state index in [9.17, 15) is 0 Å². The molecule has 0 atom stereocenters. The molecule has 0 bridgehead atoms. The number of fused-ring (bicyclic) bond motifs is 1. The first-order chi connectivity index (χ1) is 9.24. The normalized spacial score (nSPS) is 11.3. The summed E-state index contributed by atoms with van der Waals surface area (Å²) in [5.41, 5.74) is 0. The third-order valence-electron chi connectivity index (χ3n) is 2.86. The third-order valence-corrected chi connectivity index (χ3v) is 5.48. The van der Waals surface area contributed by atoms with Gasteiger partial charge in [-0.15, -0.1) is 22.7 Å². The fourth-order valence-corrected chi connectivity index (χ4v) is 4.20. The number of thiophene rings is 1. The number of rotatable bonds is 4.